The number of hydrogen-bond acceptors (Lipinski definition) is 4. The van der Waals surface area contributed by atoms with Crippen molar-refractivity contribution < 1.29 is 9.53 Å². The molecule has 0 saturated carbocycles. The normalized spacial score (nSPS) is 12.8. The van der Waals surface area contributed by atoms with Crippen molar-refractivity contribution in [3.05, 3.63) is 16.1 Å². The first-order valence-corrected chi connectivity index (χ1v) is 6.97. The predicted octanol–water partition coefficient (Wildman–Crippen LogP) is 3.08. The van der Waals surface area contributed by atoms with Gasteiger partial charge in [-0.05, 0) is 12.3 Å². The Hall–Kier alpha value is -0.900. The lowest BCUT2D eigenvalue weighted by Gasteiger charge is -2.16. The Bertz CT molecular complexity index is 360. The van der Waals surface area contributed by atoms with Crippen molar-refractivity contribution in [1.29, 1.82) is 0 Å². The lowest BCUT2D eigenvalue weighted by molar-refractivity contribution is -0.146. The summed E-state index contributed by atoms with van der Waals surface area (Å²) in [7, 11) is 1.45. The van der Waals surface area contributed by atoms with Gasteiger partial charge in [0.1, 0.15) is 0 Å². The molecule has 0 aliphatic carbocycles. The van der Waals surface area contributed by atoms with Crippen LogP contribution in [0.1, 0.15) is 37.9 Å². The topological polar surface area (TPSA) is 39.2 Å². The fourth-order valence-electron chi connectivity index (χ4n) is 1.74. The van der Waals surface area contributed by atoms with Crippen LogP contribution >= 0.6 is 11.3 Å². The summed E-state index contributed by atoms with van der Waals surface area (Å²) >= 11 is 1.64. The van der Waals surface area contributed by atoms with Crippen molar-refractivity contribution in [1.82, 2.24) is 4.98 Å². The van der Waals surface area contributed by atoms with Crippen LogP contribution < -0.4 is 0 Å². The van der Waals surface area contributed by atoms with E-state index in [-0.39, 0.29) is 17.8 Å². The first-order valence-electron chi connectivity index (χ1n) is 6.09. The Labute approximate surface area is 107 Å². The molecule has 17 heavy (non-hydrogen) atoms. The molecule has 1 aromatic heterocycles. The van der Waals surface area contributed by atoms with Gasteiger partial charge in [-0.3, -0.25) is 4.79 Å². The largest absolute Gasteiger partial charge is 0.469 e. The molecule has 0 radical (unpaired) electrons. The van der Waals surface area contributed by atoms with E-state index in [2.05, 4.69) is 17.3 Å². The summed E-state index contributed by atoms with van der Waals surface area (Å²) in [6, 6.07) is 0. The number of methoxy groups -OCH3 is 1. The summed E-state index contributed by atoms with van der Waals surface area (Å²) in [6.45, 7) is 6.23. The van der Waals surface area contributed by atoms with Crippen LogP contribution in [-0.4, -0.2) is 18.1 Å². The van der Waals surface area contributed by atoms with Crippen LogP contribution in [0.4, 0.5) is 0 Å². The lowest BCUT2D eigenvalue weighted by atomic mass is 9.93. The highest BCUT2D eigenvalue weighted by atomic mass is 32.1. The quantitative estimate of drug-likeness (QED) is 0.733. The molecule has 0 aliphatic heterocycles. The molecule has 0 fully saturated rings. The average molecular weight is 255 g/mol. The van der Waals surface area contributed by atoms with Gasteiger partial charge in [0.25, 0.3) is 0 Å². The molecule has 1 atom stereocenters. The fourth-order valence-corrected chi connectivity index (χ4v) is 2.63. The van der Waals surface area contributed by atoms with E-state index in [1.54, 1.807) is 11.3 Å². The second-order valence-corrected chi connectivity index (χ2v) is 5.50. The summed E-state index contributed by atoms with van der Waals surface area (Å²) < 4.78 is 4.84. The Balaban J connectivity index is 2.68. The van der Waals surface area contributed by atoms with E-state index in [1.807, 2.05) is 13.8 Å². The summed E-state index contributed by atoms with van der Waals surface area (Å²) in [5, 5.41) is 3.13. The minimum absolute atomic E-state index is 0.0828. The molecule has 0 amide bonds. The van der Waals surface area contributed by atoms with Gasteiger partial charge in [-0.15, -0.1) is 11.3 Å². The van der Waals surface area contributed by atoms with E-state index in [9.17, 15) is 4.79 Å². The highest BCUT2D eigenvalue weighted by Crippen LogP contribution is 2.21. The first-order chi connectivity index (χ1) is 8.08. The van der Waals surface area contributed by atoms with Crippen LogP contribution in [0.15, 0.2) is 5.38 Å². The summed E-state index contributed by atoms with van der Waals surface area (Å²) in [5.41, 5.74) is 1.14. The maximum Gasteiger partial charge on any atom is 0.309 e. The number of ether oxygens (including phenoxy) is 1. The number of carbonyl (C=O) groups is 1. The lowest BCUT2D eigenvalue weighted by Crippen LogP contribution is -2.23. The third-order valence-electron chi connectivity index (χ3n) is 2.81. The van der Waals surface area contributed by atoms with E-state index >= 15 is 0 Å². The van der Waals surface area contributed by atoms with Crippen LogP contribution in [-0.2, 0) is 22.4 Å². The molecule has 4 heteroatoms. The van der Waals surface area contributed by atoms with Gasteiger partial charge in [-0.25, -0.2) is 4.98 Å². The minimum atomic E-state index is -0.132. The maximum absolute atomic E-state index is 11.6. The van der Waals surface area contributed by atoms with E-state index in [0.29, 0.717) is 6.42 Å². The zero-order valence-electron chi connectivity index (χ0n) is 11.0. The zero-order chi connectivity index (χ0) is 12.8. The van der Waals surface area contributed by atoms with Crippen LogP contribution in [0.3, 0.4) is 0 Å². The maximum atomic E-state index is 11.6. The SMILES string of the molecule is CCCc1csc(CC(C(=O)OC)C(C)C)n1. The van der Waals surface area contributed by atoms with E-state index < -0.39 is 0 Å². The van der Waals surface area contributed by atoms with Gasteiger partial charge < -0.3 is 4.74 Å². The van der Waals surface area contributed by atoms with Crippen molar-refractivity contribution in [2.45, 2.75) is 40.0 Å². The summed E-state index contributed by atoms with van der Waals surface area (Å²) in [5.74, 6) is 0.0637. The van der Waals surface area contributed by atoms with Gasteiger partial charge in [0.2, 0.25) is 0 Å². The monoisotopic (exact) mass is 255 g/mol. The van der Waals surface area contributed by atoms with Crippen LogP contribution in [0.5, 0.6) is 0 Å². The Morgan fingerprint density at radius 3 is 2.76 bits per heavy atom. The smallest absolute Gasteiger partial charge is 0.309 e. The van der Waals surface area contributed by atoms with Crippen LogP contribution in [0, 0.1) is 11.8 Å². The van der Waals surface area contributed by atoms with E-state index in [0.717, 1.165) is 23.5 Å². The number of aromatic nitrogens is 1. The number of thiazole rings is 1. The van der Waals surface area contributed by atoms with Crippen LogP contribution in [0.2, 0.25) is 0 Å². The molecule has 0 bridgehead atoms. The summed E-state index contributed by atoms with van der Waals surface area (Å²) in [6.07, 6.45) is 2.81. The minimum Gasteiger partial charge on any atom is -0.469 e. The zero-order valence-corrected chi connectivity index (χ0v) is 11.8. The number of hydrogen-bond donors (Lipinski definition) is 0. The van der Waals surface area contributed by atoms with Gasteiger partial charge in [0.15, 0.2) is 0 Å². The fraction of sp³-hybridized carbons (Fsp3) is 0.692. The van der Waals surface area contributed by atoms with Crippen molar-refractivity contribution in [3.8, 4) is 0 Å². The predicted molar refractivity (Wildman–Crippen MR) is 70.2 cm³/mol. The van der Waals surface area contributed by atoms with E-state index in [1.165, 1.54) is 7.11 Å². The molecular formula is C13H21NO2S. The molecule has 0 aliphatic rings. The van der Waals surface area contributed by atoms with Crippen molar-refractivity contribution in [3.63, 3.8) is 0 Å². The number of nitrogens with zero attached hydrogens (tertiary/aromatic N) is 1. The number of esters is 1. The highest BCUT2D eigenvalue weighted by molar-refractivity contribution is 7.09. The van der Waals surface area contributed by atoms with Crippen molar-refractivity contribution in [2.75, 3.05) is 7.11 Å². The Morgan fingerprint density at radius 1 is 1.53 bits per heavy atom. The molecule has 0 saturated heterocycles. The van der Waals surface area contributed by atoms with Gasteiger partial charge >= 0.3 is 5.97 Å². The van der Waals surface area contributed by atoms with Gasteiger partial charge in [0, 0.05) is 11.8 Å². The second-order valence-electron chi connectivity index (χ2n) is 4.56. The third kappa shape index (κ3) is 4.11. The Kier molecular flexibility index (Phi) is 5.62. The number of aryl methyl sites for hydroxylation is 1. The molecule has 1 unspecified atom stereocenters. The molecular weight excluding hydrogens is 234 g/mol. The first kappa shape index (κ1) is 14.2. The molecule has 96 valence electrons. The molecule has 1 rings (SSSR count). The molecule has 0 N–H and O–H groups in total. The van der Waals surface area contributed by atoms with E-state index in [4.69, 9.17) is 4.74 Å². The van der Waals surface area contributed by atoms with Gasteiger partial charge in [-0.2, -0.15) is 0 Å². The van der Waals surface area contributed by atoms with Gasteiger partial charge in [0.05, 0.1) is 23.7 Å². The molecule has 3 nitrogen and oxygen atoms in total. The van der Waals surface area contributed by atoms with Gasteiger partial charge in [-0.1, -0.05) is 27.2 Å². The highest BCUT2D eigenvalue weighted by Gasteiger charge is 2.24. The molecule has 1 aromatic rings. The molecule has 1 heterocycles. The molecule has 0 spiro atoms. The van der Waals surface area contributed by atoms with Crippen molar-refractivity contribution in [2.24, 2.45) is 11.8 Å². The number of carbonyl (C=O) groups excluding carboxylic acids is 1. The average Bonchev–Trinajstić information content (AvgIpc) is 2.73. The summed E-state index contributed by atoms with van der Waals surface area (Å²) in [4.78, 5) is 16.2. The Morgan fingerprint density at radius 2 is 2.24 bits per heavy atom. The third-order valence-corrected chi connectivity index (χ3v) is 3.73. The number of rotatable bonds is 6. The second kappa shape index (κ2) is 6.74. The standard InChI is InChI=1S/C13H21NO2S/c1-5-6-10-8-17-12(14-10)7-11(9(2)3)13(15)16-4/h8-9,11H,5-7H2,1-4H3. The van der Waals surface area contributed by atoms with Crippen molar-refractivity contribution >= 4 is 17.3 Å². The molecule has 0 aromatic carbocycles. The van der Waals surface area contributed by atoms with Crippen LogP contribution in [0.25, 0.3) is 0 Å².